The van der Waals surface area contributed by atoms with Gasteiger partial charge in [0, 0.05) is 145 Å². The van der Waals surface area contributed by atoms with Crippen molar-refractivity contribution in [3.63, 3.8) is 0 Å². The highest BCUT2D eigenvalue weighted by Gasteiger charge is 2.49. The highest BCUT2D eigenvalue weighted by atomic mass is 35.5. The van der Waals surface area contributed by atoms with Gasteiger partial charge in [-0.3, -0.25) is 19.6 Å². The molecule has 0 spiro atoms. The van der Waals surface area contributed by atoms with Crippen LogP contribution in [0.25, 0.3) is 22.7 Å². The standard InChI is InChI=1S/C23H26ClN7O.C22H23ClFN7O.C22H26ClN7O.C22H24FN7O/c1-14-10-21(31-20(16-4-5-16)12-29(3)23(31)32)28-22(26-14)27-15(2)19-11-30(13-25-19)18-8-6-17(24)7-9-18;1-13(18-10-30(12-26-18)16-7-5-15(23)6-8-16)27-21-25-9-17(24)20(28-21)31-19(14-3-4-14)11-29(2)22(31)32;1-14(2)19-12-28(4)22(31)30(19)20-9-10-24-21(27-20)26-15(3)18-11-29(13-25-18)17-7-5-16(23)6-8-17;1-14(18-11-29(13-25-18)17-7-5-16(23)6-8-17)26-21-24-10-9-20(27-21)30-19(15-3-4-15)12-28(2)22(30)31/h6-11,13,15-16,20H,4-5,12H2,1-3H3,(H,26,27,28);5-10,12-14,19H,3-4,11H2,1-2H3,(H,25,27,28);5-11,13-15,19H,12H2,1-4H3,(H,24,26,27);5-11,13-15,19H,3-4,12H2,1-2H3,(H,24,26,27)/t15-,20+;13-,19+;15-,19+;14-,19+/m0000/s1/i;;4D3;. The Morgan fingerprint density at radius 1 is 0.397 bits per heavy atom. The van der Waals surface area contributed by atoms with Gasteiger partial charge in [-0.2, -0.15) is 19.9 Å². The van der Waals surface area contributed by atoms with E-state index in [1.54, 1.807) is 88.6 Å². The monoisotopic (exact) mass is 1770 g/mol. The normalized spacial score (nSPS) is 19.5. The molecular weight excluding hydrogens is 1670 g/mol. The summed E-state index contributed by atoms with van der Waals surface area (Å²) in [5.41, 5.74) is 7.68. The molecule has 4 saturated heterocycles. The third kappa shape index (κ3) is 19.7. The van der Waals surface area contributed by atoms with Crippen molar-refractivity contribution in [1.82, 2.24) is 97.7 Å². The van der Waals surface area contributed by atoms with Gasteiger partial charge in [0.2, 0.25) is 23.8 Å². The van der Waals surface area contributed by atoms with Gasteiger partial charge in [0.25, 0.3) is 0 Å². The fourth-order valence-electron chi connectivity index (χ4n) is 15.8. The van der Waals surface area contributed by atoms with Crippen LogP contribution < -0.4 is 40.9 Å². The number of carbonyl (C=O) groups is 4. The van der Waals surface area contributed by atoms with Crippen LogP contribution in [0.2, 0.25) is 15.1 Å². The van der Waals surface area contributed by atoms with Gasteiger partial charge in [-0.05, 0) is 206 Å². The Kier molecular flexibility index (Phi) is 24.3. The number of rotatable bonds is 24. The van der Waals surface area contributed by atoms with Crippen LogP contribution in [0.15, 0.2) is 184 Å². The maximum absolute atomic E-state index is 14.7. The number of urea groups is 4. The lowest BCUT2D eigenvalue weighted by molar-refractivity contribution is 0.228. The summed E-state index contributed by atoms with van der Waals surface area (Å²) in [6.45, 7) is 13.3. The number of amides is 8. The smallest absolute Gasteiger partial charge is 0.325 e. The number of halogens is 5. The summed E-state index contributed by atoms with van der Waals surface area (Å²) < 4.78 is 58.5. The lowest BCUT2D eigenvalue weighted by Gasteiger charge is -2.25. The fourth-order valence-corrected chi connectivity index (χ4v) is 16.2. The third-order valence-corrected chi connectivity index (χ3v) is 24.0. The van der Waals surface area contributed by atoms with E-state index in [2.05, 4.69) is 76.1 Å². The van der Waals surface area contributed by atoms with Gasteiger partial charge in [-0.25, -0.2) is 67.8 Å². The average Bonchev–Trinajstić information content (AvgIpc) is 1.63. The number of imidazole rings is 4. The minimum Gasteiger partial charge on any atom is -0.346 e. The molecule has 32 nitrogen and oxygen atoms in total. The molecule has 4 aromatic carbocycles. The molecule has 0 unspecified atom stereocenters. The molecule has 19 rings (SSSR count). The summed E-state index contributed by atoms with van der Waals surface area (Å²) in [6.07, 6.45) is 25.6. The summed E-state index contributed by atoms with van der Waals surface area (Å²) in [5, 5.41) is 15.0. The van der Waals surface area contributed by atoms with Gasteiger partial charge < -0.3 is 59.1 Å². The Balaban J connectivity index is 0.000000126. The lowest BCUT2D eigenvalue weighted by Crippen LogP contribution is -2.38. The largest absolute Gasteiger partial charge is 0.346 e. The Labute approximate surface area is 747 Å². The molecule has 37 heteroatoms. The number of anilines is 8. The van der Waals surface area contributed by atoms with Crippen molar-refractivity contribution in [3.05, 3.63) is 239 Å². The number of hydrogen-bond acceptors (Lipinski definition) is 20. The van der Waals surface area contributed by atoms with Crippen LogP contribution in [0.1, 0.15) is 137 Å². The number of carbonyl (C=O) groups excluding carboxylic acids is 4. The molecule has 8 aromatic heterocycles. The maximum atomic E-state index is 14.7. The van der Waals surface area contributed by atoms with E-state index in [0.717, 1.165) is 101 Å². The molecule has 126 heavy (non-hydrogen) atoms. The summed E-state index contributed by atoms with van der Waals surface area (Å²) >= 11 is 17.9. The zero-order valence-electron chi connectivity index (χ0n) is 74.1. The second-order valence-corrected chi connectivity index (χ2v) is 34.4. The van der Waals surface area contributed by atoms with Crippen LogP contribution in [-0.2, 0) is 0 Å². The van der Waals surface area contributed by atoms with Crippen LogP contribution in [0.4, 0.5) is 75.0 Å². The van der Waals surface area contributed by atoms with E-state index in [1.165, 1.54) is 34.8 Å². The number of benzene rings is 4. The molecule has 0 radical (unpaired) electrons. The molecule has 7 aliphatic rings. The molecule has 3 aliphatic carbocycles. The van der Waals surface area contributed by atoms with Crippen molar-refractivity contribution in [3.8, 4) is 22.7 Å². The number of aromatic nitrogens is 16. The Hall–Kier alpha value is -13.0. The third-order valence-electron chi connectivity index (χ3n) is 23.3. The van der Waals surface area contributed by atoms with Crippen molar-refractivity contribution in [2.75, 3.05) is 95.2 Å². The number of aryl methyl sites for hydroxylation is 1. The minimum atomic E-state index is -2.51. The van der Waals surface area contributed by atoms with Crippen molar-refractivity contribution >= 4 is 106 Å². The molecule has 0 bridgehead atoms. The zero-order valence-corrected chi connectivity index (χ0v) is 73.3. The molecule has 4 N–H and O–H groups in total. The van der Waals surface area contributed by atoms with E-state index < -0.39 is 18.8 Å². The van der Waals surface area contributed by atoms with E-state index in [-0.39, 0.29) is 96.5 Å². The molecule has 12 heterocycles. The molecule has 12 aromatic rings. The fraction of sp³-hybridized carbons (Fsp3) is 0.371. The van der Waals surface area contributed by atoms with Crippen molar-refractivity contribution in [1.29, 1.82) is 0 Å². The van der Waals surface area contributed by atoms with Crippen molar-refractivity contribution in [2.24, 2.45) is 23.7 Å². The molecular formula is C89H99Cl3F2N28O4. The van der Waals surface area contributed by atoms with Gasteiger partial charge in [0.1, 0.15) is 23.3 Å². The topological polar surface area (TPSA) is 317 Å². The van der Waals surface area contributed by atoms with Crippen molar-refractivity contribution < 1.29 is 32.1 Å². The molecule has 654 valence electrons. The number of hydrogen-bond donors (Lipinski definition) is 4. The van der Waals surface area contributed by atoms with Crippen LogP contribution in [-0.4, -0.2) is 200 Å². The highest BCUT2D eigenvalue weighted by molar-refractivity contribution is 6.31. The zero-order chi connectivity index (χ0) is 91.0. The van der Waals surface area contributed by atoms with E-state index >= 15 is 0 Å². The maximum Gasteiger partial charge on any atom is 0.325 e. The predicted molar refractivity (Wildman–Crippen MR) is 480 cm³/mol. The van der Waals surface area contributed by atoms with Gasteiger partial charge in [-0.1, -0.05) is 48.7 Å². The van der Waals surface area contributed by atoms with E-state index in [4.69, 9.17) is 43.9 Å². The van der Waals surface area contributed by atoms with Gasteiger partial charge >= 0.3 is 24.1 Å². The first-order valence-electron chi connectivity index (χ1n) is 43.4. The number of nitrogens with one attached hydrogen (secondary N) is 4. The highest BCUT2D eigenvalue weighted by Crippen LogP contribution is 2.44. The summed E-state index contributed by atoms with van der Waals surface area (Å²) in [4.78, 5) is 117. The van der Waals surface area contributed by atoms with Gasteiger partial charge in [0.05, 0.1) is 103 Å². The SMILES string of the molecule is C[C@H](Nc1ncc(F)c(N2C(=O)N(C)C[C@@H]2C2CC2)n1)c1cn(-c2ccc(Cl)cc2)cn1.C[C@H](Nc1nccc(N2C(=O)N(C)C[C@@H]2C2CC2)n1)c1cn(-c2ccc(F)cc2)cn1.Cc1cc(N2C(=O)N(C)C[C@@H]2C2CC2)nc(N[C@@H](C)c2cn(-c3ccc(Cl)cc3)cn2)n1.[2H]C([2H])([2H])N1C[C@H](C(C)C)N(c2ccnc(N[C@@H](C)c3cn(-c4ccc(Cl)cc4)cn3)n2)C1=O. The van der Waals surface area contributed by atoms with E-state index in [0.29, 0.717) is 74.7 Å². The van der Waals surface area contributed by atoms with Crippen LogP contribution in [0.3, 0.4) is 0 Å². The minimum absolute atomic E-state index is 0.000654. The van der Waals surface area contributed by atoms with E-state index in [1.807, 2.05) is 189 Å². The summed E-state index contributed by atoms with van der Waals surface area (Å²) in [7, 11) is 5.41. The Morgan fingerprint density at radius 2 is 0.738 bits per heavy atom. The molecule has 4 aliphatic heterocycles. The van der Waals surface area contributed by atoms with Gasteiger partial charge in [0.15, 0.2) is 11.6 Å². The first-order chi connectivity index (χ1) is 61.8. The molecule has 3 saturated carbocycles. The Bertz CT molecular complexity index is 6000. The first-order valence-corrected chi connectivity index (χ1v) is 43.0. The number of nitrogens with zero attached hydrogens (tertiary/aromatic N) is 24. The molecule has 7 fully saturated rings. The predicted octanol–water partition coefficient (Wildman–Crippen LogP) is 16.7. The second kappa shape index (κ2) is 37.1. The number of likely N-dealkylation sites (N-methyl/N-ethyl adjacent to an activating group) is 4. The first kappa shape index (κ1) is 82.6. The second-order valence-electron chi connectivity index (χ2n) is 33.1. The summed E-state index contributed by atoms with van der Waals surface area (Å²) in [5.74, 6) is 3.80. The molecule has 8 atom stereocenters. The van der Waals surface area contributed by atoms with Gasteiger partial charge in [-0.15, -0.1) is 0 Å². The van der Waals surface area contributed by atoms with Crippen LogP contribution in [0, 0.1) is 42.2 Å². The van der Waals surface area contributed by atoms with E-state index in [9.17, 15) is 28.0 Å². The summed E-state index contributed by atoms with van der Waals surface area (Å²) in [6, 6.07) is 32.4. The lowest BCUT2D eigenvalue weighted by atomic mass is 10.0. The van der Waals surface area contributed by atoms with Crippen LogP contribution >= 0.6 is 34.8 Å². The quantitative estimate of drug-likeness (QED) is 0.0437. The average molecular weight is 1770 g/mol. The van der Waals surface area contributed by atoms with Crippen LogP contribution in [0.5, 0.6) is 0 Å². The molecule has 8 amide bonds. The van der Waals surface area contributed by atoms with Crippen molar-refractivity contribution in [2.45, 2.75) is 135 Å². The Morgan fingerprint density at radius 3 is 1.13 bits per heavy atom.